The van der Waals surface area contributed by atoms with Crippen LogP contribution in [0.4, 0.5) is 0 Å². The molecule has 2 N–H and O–H groups in total. The molecule has 11 heavy (non-hydrogen) atoms. The van der Waals surface area contributed by atoms with Crippen LogP contribution in [-0.2, 0) is 4.74 Å². The summed E-state index contributed by atoms with van der Waals surface area (Å²) in [5, 5.41) is 0. The molecule has 66 valence electrons. The van der Waals surface area contributed by atoms with Crippen LogP contribution in [0.2, 0.25) is 0 Å². The molecule has 0 fully saturated rings. The van der Waals surface area contributed by atoms with Gasteiger partial charge in [-0.3, -0.25) is 0 Å². The van der Waals surface area contributed by atoms with Crippen LogP contribution in [0, 0.1) is 0 Å². The van der Waals surface area contributed by atoms with Gasteiger partial charge in [0, 0.05) is 12.8 Å². The van der Waals surface area contributed by atoms with Crippen LogP contribution >= 0.6 is 0 Å². The van der Waals surface area contributed by atoms with Gasteiger partial charge in [-0.15, -0.1) is 0 Å². The summed E-state index contributed by atoms with van der Waals surface area (Å²) in [6.07, 6.45) is 5.36. The molecule has 0 aromatic carbocycles. The van der Waals surface area contributed by atoms with Crippen molar-refractivity contribution in [2.24, 2.45) is 5.73 Å². The molecule has 0 spiro atoms. The van der Waals surface area contributed by atoms with Gasteiger partial charge in [-0.2, -0.15) is 0 Å². The van der Waals surface area contributed by atoms with Crippen molar-refractivity contribution < 1.29 is 4.74 Å². The zero-order chi connectivity index (χ0) is 8.69. The lowest BCUT2D eigenvalue weighted by Gasteiger charge is -2.08. The highest BCUT2D eigenvalue weighted by Gasteiger charge is 1.98. The SMILES string of the molecule is CC/C=C(/N)CCC(C)OC. The molecule has 0 heterocycles. The Morgan fingerprint density at radius 1 is 1.64 bits per heavy atom. The Balaban J connectivity index is 3.45. The molecule has 0 aliphatic carbocycles. The fourth-order valence-electron chi connectivity index (χ4n) is 0.852. The zero-order valence-electron chi connectivity index (χ0n) is 7.76. The first-order valence-corrected chi connectivity index (χ1v) is 4.18. The quantitative estimate of drug-likeness (QED) is 0.663. The second-order valence-corrected chi connectivity index (χ2v) is 2.77. The van der Waals surface area contributed by atoms with Crippen molar-refractivity contribution in [1.82, 2.24) is 0 Å². The largest absolute Gasteiger partial charge is 0.402 e. The van der Waals surface area contributed by atoms with Gasteiger partial charge in [0.25, 0.3) is 0 Å². The van der Waals surface area contributed by atoms with Gasteiger partial charge in [0.2, 0.25) is 0 Å². The third-order valence-electron chi connectivity index (χ3n) is 1.71. The number of hydrogen-bond acceptors (Lipinski definition) is 2. The molecule has 0 aliphatic rings. The van der Waals surface area contributed by atoms with Crippen LogP contribution in [0.5, 0.6) is 0 Å². The summed E-state index contributed by atoms with van der Waals surface area (Å²) in [6.45, 7) is 4.14. The lowest BCUT2D eigenvalue weighted by Crippen LogP contribution is -2.07. The van der Waals surface area contributed by atoms with Gasteiger partial charge < -0.3 is 10.5 Å². The van der Waals surface area contributed by atoms with Gasteiger partial charge in [0.15, 0.2) is 0 Å². The normalized spacial score (nSPS) is 15.0. The predicted octanol–water partition coefficient (Wildman–Crippen LogP) is 2.05. The topological polar surface area (TPSA) is 35.2 Å². The molecule has 0 radical (unpaired) electrons. The van der Waals surface area contributed by atoms with Crippen molar-refractivity contribution in [3.05, 3.63) is 11.8 Å². The van der Waals surface area contributed by atoms with Gasteiger partial charge >= 0.3 is 0 Å². The van der Waals surface area contributed by atoms with E-state index in [1.54, 1.807) is 7.11 Å². The average Bonchev–Trinajstić information content (AvgIpc) is 2.01. The summed E-state index contributed by atoms with van der Waals surface area (Å²) < 4.78 is 5.10. The molecule has 0 aromatic heterocycles. The number of allylic oxidation sites excluding steroid dienone is 2. The van der Waals surface area contributed by atoms with Crippen LogP contribution in [0.15, 0.2) is 11.8 Å². The monoisotopic (exact) mass is 157 g/mol. The molecule has 1 unspecified atom stereocenters. The first-order chi connectivity index (χ1) is 5.20. The highest BCUT2D eigenvalue weighted by molar-refractivity contribution is 4.95. The fraction of sp³-hybridized carbons (Fsp3) is 0.778. The summed E-state index contributed by atoms with van der Waals surface area (Å²) in [7, 11) is 1.73. The first-order valence-electron chi connectivity index (χ1n) is 4.18. The average molecular weight is 157 g/mol. The Morgan fingerprint density at radius 2 is 2.27 bits per heavy atom. The van der Waals surface area contributed by atoms with E-state index in [4.69, 9.17) is 10.5 Å². The summed E-state index contributed by atoms with van der Waals surface area (Å²) in [4.78, 5) is 0. The minimum atomic E-state index is 0.318. The number of methoxy groups -OCH3 is 1. The molecule has 1 atom stereocenters. The van der Waals surface area contributed by atoms with Gasteiger partial charge in [0.1, 0.15) is 0 Å². The maximum absolute atomic E-state index is 5.69. The maximum atomic E-state index is 5.69. The molecular formula is C9H19NO. The Kier molecular flexibility index (Phi) is 5.94. The van der Waals surface area contributed by atoms with Gasteiger partial charge in [-0.05, 0) is 26.2 Å². The van der Waals surface area contributed by atoms with E-state index < -0.39 is 0 Å². The Labute approximate surface area is 69.4 Å². The summed E-state index contributed by atoms with van der Waals surface area (Å²) in [5.41, 5.74) is 6.68. The second-order valence-electron chi connectivity index (χ2n) is 2.77. The van der Waals surface area contributed by atoms with Crippen LogP contribution < -0.4 is 5.73 Å². The molecule has 0 aliphatic heterocycles. The minimum Gasteiger partial charge on any atom is -0.402 e. The number of nitrogens with two attached hydrogens (primary N) is 1. The summed E-state index contributed by atoms with van der Waals surface area (Å²) >= 11 is 0. The zero-order valence-corrected chi connectivity index (χ0v) is 7.76. The van der Waals surface area contributed by atoms with E-state index in [-0.39, 0.29) is 0 Å². The molecule has 0 amide bonds. The van der Waals surface area contributed by atoms with E-state index in [9.17, 15) is 0 Å². The van der Waals surface area contributed by atoms with Crippen molar-refractivity contribution in [2.45, 2.75) is 39.2 Å². The molecule has 0 aromatic rings. The van der Waals surface area contributed by atoms with E-state index in [1.807, 2.05) is 0 Å². The highest BCUT2D eigenvalue weighted by Crippen LogP contribution is 2.04. The number of ether oxygens (including phenoxy) is 1. The summed E-state index contributed by atoms with van der Waals surface area (Å²) in [6, 6.07) is 0. The second kappa shape index (κ2) is 6.23. The minimum absolute atomic E-state index is 0.318. The van der Waals surface area contributed by atoms with Gasteiger partial charge in [-0.1, -0.05) is 13.0 Å². The van der Waals surface area contributed by atoms with Crippen molar-refractivity contribution >= 4 is 0 Å². The Morgan fingerprint density at radius 3 is 2.73 bits per heavy atom. The predicted molar refractivity (Wildman–Crippen MR) is 48.3 cm³/mol. The maximum Gasteiger partial charge on any atom is 0.0546 e. The standard InChI is InChI=1S/C9H19NO/c1-4-5-9(10)7-6-8(2)11-3/h5,8H,4,6-7,10H2,1-3H3/b9-5+. The molecule has 0 saturated heterocycles. The molecule has 0 bridgehead atoms. The fourth-order valence-corrected chi connectivity index (χ4v) is 0.852. The van der Waals surface area contributed by atoms with Gasteiger partial charge in [0.05, 0.1) is 6.10 Å². The van der Waals surface area contributed by atoms with Crippen molar-refractivity contribution in [3.8, 4) is 0 Å². The number of hydrogen-bond donors (Lipinski definition) is 1. The lowest BCUT2D eigenvalue weighted by atomic mass is 10.1. The number of rotatable bonds is 5. The molecular weight excluding hydrogens is 138 g/mol. The molecule has 0 saturated carbocycles. The van der Waals surface area contributed by atoms with Crippen LogP contribution in [-0.4, -0.2) is 13.2 Å². The molecule has 0 rings (SSSR count). The third-order valence-corrected chi connectivity index (χ3v) is 1.71. The Hall–Kier alpha value is -0.500. The lowest BCUT2D eigenvalue weighted by molar-refractivity contribution is 0.111. The van der Waals surface area contributed by atoms with E-state index in [2.05, 4.69) is 19.9 Å². The van der Waals surface area contributed by atoms with E-state index in [0.717, 1.165) is 25.0 Å². The summed E-state index contributed by atoms with van der Waals surface area (Å²) in [5.74, 6) is 0. The van der Waals surface area contributed by atoms with E-state index in [0.29, 0.717) is 6.10 Å². The van der Waals surface area contributed by atoms with E-state index in [1.165, 1.54) is 0 Å². The molecule has 2 heteroatoms. The van der Waals surface area contributed by atoms with Crippen molar-refractivity contribution in [2.75, 3.05) is 7.11 Å². The van der Waals surface area contributed by atoms with Crippen LogP contribution in [0.25, 0.3) is 0 Å². The first kappa shape index (κ1) is 10.5. The van der Waals surface area contributed by atoms with Crippen molar-refractivity contribution in [1.29, 1.82) is 0 Å². The molecule has 2 nitrogen and oxygen atoms in total. The van der Waals surface area contributed by atoms with Crippen LogP contribution in [0.3, 0.4) is 0 Å². The van der Waals surface area contributed by atoms with E-state index >= 15 is 0 Å². The van der Waals surface area contributed by atoms with Gasteiger partial charge in [-0.25, -0.2) is 0 Å². The van der Waals surface area contributed by atoms with Crippen LogP contribution in [0.1, 0.15) is 33.1 Å². The Bertz CT molecular complexity index is 121. The highest BCUT2D eigenvalue weighted by atomic mass is 16.5. The smallest absolute Gasteiger partial charge is 0.0546 e. The van der Waals surface area contributed by atoms with Crippen molar-refractivity contribution in [3.63, 3.8) is 0 Å². The third kappa shape index (κ3) is 5.92.